The molecule has 0 unspecified atom stereocenters. The molecule has 1 aromatic rings. The van der Waals surface area contributed by atoms with Gasteiger partial charge in [0.15, 0.2) is 0 Å². The third-order valence-corrected chi connectivity index (χ3v) is 3.73. The maximum Gasteiger partial charge on any atom is 0.303 e. The molecule has 104 valence electrons. The van der Waals surface area contributed by atoms with Crippen molar-refractivity contribution in [1.29, 1.82) is 0 Å². The summed E-state index contributed by atoms with van der Waals surface area (Å²) in [5, 5.41) is 12.0. The summed E-state index contributed by atoms with van der Waals surface area (Å²) in [4.78, 5) is 10.4. The van der Waals surface area contributed by atoms with E-state index >= 15 is 0 Å². The summed E-state index contributed by atoms with van der Waals surface area (Å²) >= 11 is 0. The average Bonchev–Trinajstić information content (AvgIpc) is 2.36. The molecule has 0 amide bonds. The molecule has 1 aliphatic carbocycles. The molecule has 0 bridgehead atoms. The van der Waals surface area contributed by atoms with Gasteiger partial charge in [0.25, 0.3) is 0 Å². The van der Waals surface area contributed by atoms with Gasteiger partial charge in [0.05, 0.1) is 7.11 Å². The van der Waals surface area contributed by atoms with Crippen LogP contribution in [-0.4, -0.2) is 30.8 Å². The summed E-state index contributed by atoms with van der Waals surface area (Å²) in [5.41, 5.74) is 1.37. The van der Waals surface area contributed by atoms with Gasteiger partial charge in [-0.2, -0.15) is 0 Å². The molecule has 19 heavy (non-hydrogen) atoms. The van der Waals surface area contributed by atoms with E-state index in [0.29, 0.717) is 18.4 Å². The van der Waals surface area contributed by atoms with Crippen molar-refractivity contribution in [3.63, 3.8) is 0 Å². The van der Waals surface area contributed by atoms with Crippen molar-refractivity contribution >= 4 is 5.97 Å². The lowest BCUT2D eigenvalue weighted by Crippen LogP contribution is -2.40. The van der Waals surface area contributed by atoms with Crippen LogP contribution in [0.15, 0.2) is 24.3 Å². The predicted molar refractivity (Wildman–Crippen MR) is 73.6 cm³/mol. The fraction of sp³-hybridized carbons (Fsp3) is 0.533. The number of carbonyl (C=O) groups is 1. The van der Waals surface area contributed by atoms with Gasteiger partial charge in [0, 0.05) is 12.5 Å². The number of carboxylic acid groups (broad SMARTS) is 1. The zero-order valence-corrected chi connectivity index (χ0v) is 11.3. The Balaban J connectivity index is 1.66. The second-order valence-electron chi connectivity index (χ2n) is 5.09. The van der Waals surface area contributed by atoms with Crippen LogP contribution >= 0.6 is 0 Å². The van der Waals surface area contributed by atoms with Crippen LogP contribution in [0.2, 0.25) is 0 Å². The molecule has 4 heteroatoms. The van der Waals surface area contributed by atoms with E-state index in [1.54, 1.807) is 7.11 Å². The Hall–Kier alpha value is -1.55. The molecule has 1 saturated carbocycles. The minimum atomic E-state index is -0.716. The first-order valence-electron chi connectivity index (χ1n) is 6.78. The van der Waals surface area contributed by atoms with Crippen molar-refractivity contribution in [2.75, 3.05) is 13.7 Å². The highest BCUT2D eigenvalue weighted by Crippen LogP contribution is 2.37. The molecule has 2 rings (SSSR count). The normalized spacial score (nSPS) is 21.7. The van der Waals surface area contributed by atoms with Gasteiger partial charge in [-0.15, -0.1) is 0 Å². The van der Waals surface area contributed by atoms with Gasteiger partial charge in [-0.05, 0) is 49.4 Å². The monoisotopic (exact) mass is 263 g/mol. The minimum Gasteiger partial charge on any atom is -0.497 e. The van der Waals surface area contributed by atoms with E-state index in [1.807, 2.05) is 12.1 Å². The van der Waals surface area contributed by atoms with Crippen LogP contribution in [0.25, 0.3) is 0 Å². The number of aliphatic carboxylic acids is 1. The van der Waals surface area contributed by atoms with Crippen molar-refractivity contribution in [2.45, 2.75) is 37.6 Å². The minimum absolute atomic E-state index is 0.252. The van der Waals surface area contributed by atoms with Crippen LogP contribution in [0.5, 0.6) is 5.75 Å². The van der Waals surface area contributed by atoms with E-state index < -0.39 is 5.97 Å². The van der Waals surface area contributed by atoms with Gasteiger partial charge in [0.1, 0.15) is 5.75 Å². The maximum absolute atomic E-state index is 10.4. The topological polar surface area (TPSA) is 58.6 Å². The van der Waals surface area contributed by atoms with Gasteiger partial charge in [0.2, 0.25) is 0 Å². The van der Waals surface area contributed by atoms with Gasteiger partial charge in [-0.25, -0.2) is 0 Å². The lowest BCUT2D eigenvalue weighted by atomic mass is 9.76. The van der Waals surface area contributed by atoms with E-state index in [9.17, 15) is 4.79 Å². The molecule has 4 nitrogen and oxygen atoms in total. The number of hydrogen-bond acceptors (Lipinski definition) is 3. The average molecular weight is 263 g/mol. The number of carboxylic acids is 1. The number of hydrogen-bond donors (Lipinski definition) is 2. The molecule has 1 aromatic carbocycles. The van der Waals surface area contributed by atoms with Gasteiger partial charge >= 0.3 is 5.97 Å². The Morgan fingerprint density at radius 2 is 2.05 bits per heavy atom. The Morgan fingerprint density at radius 3 is 2.63 bits per heavy atom. The second kappa shape index (κ2) is 6.57. The first-order valence-corrected chi connectivity index (χ1v) is 6.78. The molecule has 0 aromatic heterocycles. The molecule has 2 N–H and O–H groups in total. The number of rotatable bonds is 7. The van der Waals surface area contributed by atoms with E-state index in [-0.39, 0.29) is 6.42 Å². The first-order chi connectivity index (χ1) is 9.19. The smallest absolute Gasteiger partial charge is 0.303 e. The van der Waals surface area contributed by atoms with Crippen molar-refractivity contribution in [1.82, 2.24) is 5.32 Å². The molecule has 0 saturated heterocycles. The molecule has 0 heterocycles. The Kier molecular flexibility index (Phi) is 4.80. The molecular formula is C15H21NO3. The largest absolute Gasteiger partial charge is 0.497 e. The summed E-state index contributed by atoms with van der Waals surface area (Å²) in [5.74, 6) is 0.806. The lowest BCUT2D eigenvalue weighted by molar-refractivity contribution is -0.137. The molecule has 0 aliphatic heterocycles. The standard InChI is InChI=1S/C15H21NO3/c1-19-14-6-4-11(5-7-14)12-9-13(10-12)16-8-2-3-15(17)18/h4-7,12-13,16H,2-3,8-10H2,1H3,(H,17,18). The number of ether oxygens (including phenoxy) is 1. The van der Waals surface area contributed by atoms with Crippen LogP contribution in [0, 0.1) is 0 Å². The summed E-state index contributed by atoms with van der Waals surface area (Å²) in [7, 11) is 1.68. The fourth-order valence-corrected chi connectivity index (χ4v) is 2.48. The quantitative estimate of drug-likeness (QED) is 0.742. The highest BCUT2D eigenvalue weighted by atomic mass is 16.5. The maximum atomic E-state index is 10.4. The fourth-order valence-electron chi connectivity index (χ4n) is 2.48. The third-order valence-electron chi connectivity index (χ3n) is 3.73. The Bertz CT molecular complexity index is 410. The predicted octanol–water partition coefficient (Wildman–Crippen LogP) is 2.40. The third kappa shape index (κ3) is 3.96. The SMILES string of the molecule is COc1ccc(C2CC(NCCCC(=O)O)C2)cc1. The summed E-state index contributed by atoms with van der Waals surface area (Å²) in [6.07, 6.45) is 3.24. The van der Waals surface area contributed by atoms with Gasteiger partial charge < -0.3 is 15.2 Å². The highest BCUT2D eigenvalue weighted by molar-refractivity contribution is 5.66. The molecule has 0 radical (unpaired) electrons. The molecule has 0 spiro atoms. The van der Waals surface area contributed by atoms with Crippen molar-refractivity contribution in [3.05, 3.63) is 29.8 Å². The lowest BCUT2D eigenvalue weighted by Gasteiger charge is -2.36. The van der Waals surface area contributed by atoms with Crippen molar-refractivity contribution in [2.24, 2.45) is 0 Å². The first kappa shape index (κ1) is 13.9. The van der Waals surface area contributed by atoms with Crippen molar-refractivity contribution in [3.8, 4) is 5.75 Å². The van der Waals surface area contributed by atoms with E-state index in [2.05, 4.69) is 17.4 Å². The molecular weight excluding hydrogens is 242 g/mol. The van der Waals surface area contributed by atoms with E-state index in [0.717, 1.165) is 25.1 Å². The van der Waals surface area contributed by atoms with E-state index in [4.69, 9.17) is 9.84 Å². The number of nitrogens with one attached hydrogen (secondary N) is 1. The van der Waals surface area contributed by atoms with Gasteiger partial charge in [-0.3, -0.25) is 4.79 Å². The molecule has 1 fully saturated rings. The van der Waals surface area contributed by atoms with E-state index in [1.165, 1.54) is 5.56 Å². The Morgan fingerprint density at radius 1 is 1.37 bits per heavy atom. The zero-order valence-electron chi connectivity index (χ0n) is 11.3. The Labute approximate surface area is 113 Å². The molecule has 0 atom stereocenters. The van der Waals surface area contributed by atoms with Crippen LogP contribution in [0.1, 0.15) is 37.2 Å². The van der Waals surface area contributed by atoms with Crippen LogP contribution in [-0.2, 0) is 4.79 Å². The summed E-state index contributed by atoms with van der Waals surface area (Å²) in [6.45, 7) is 0.798. The number of benzene rings is 1. The van der Waals surface area contributed by atoms with Gasteiger partial charge in [-0.1, -0.05) is 12.1 Å². The molecule has 1 aliphatic rings. The second-order valence-corrected chi connectivity index (χ2v) is 5.09. The summed E-state index contributed by atoms with van der Waals surface area (Å²) < 4.78 is 5.15. The van der Waals surface area contributed by atoms with Crippen molar-refractivity contribution < 1.29 is 14.6 Å². The highest BCUT2D eigenvalue weighted by Gasteiger charge is 2.29. The zero-order chi connectivity index (χ0) is 13.7. The van der Waals surface area contributed by atoms with Crippen LogP contribution < -0.4 is 10.1 Å². The van der Waals surface area contributed by atoms with Crippen LogP contribution in [0.3, 0.4) is 0 Å². The summed E-state index contributed by atoms with van der Waals surface area (Å²) in [6, 6.07) is 8.81. The number of methoxy groups -OCH3 is 1. The van der Waals surface area contributed by atoms with Crippen LogP contribution in [0.4, 0.5) is 0 Å².